The van der Waals surface area contributed by atoms with Gasteiger partial charge in [0.2, 0.25) is 5.91 Å². The molecule has 4 aromatic carbocycles. The minimum Gasteiger partial charge on any atom is -0.444 e. The Morgan fingerprint density at radius 1 is 0.586 bits per heavy atom. The molecule has 7 nitrogen and oxygen atoms in total. The van der Waals surface area contributed by atoms with Crippen LogP contribution in [0.25, 0.3) is 0 Å². The molecular formula is C47H56Cl2N4O3S2. The van der Waals surface area contributed by atoms with E-state index in [4.69, 9.17) is 52.4 Å². The van der Waals surface area contributed by atoms with Crippen molar-refractivity contribution in [2.45, 2.75) is 109 Å². The van der Waals surface area contributed by atoms with E-state index in [0.717, 1.165) is 58.4 Å². The molecule has 0 atom stereocenters. The van der Waals surface area contributed by atoms with Gasteiger partial charge in [0.1, 0.15) is 5.60 Å². The summed E-state index contributed by atoms with van der Waals surface area (Å²) in [5.74, 6) is 2.37. The lowest BCUT2D eigenvalue weighted by Gasteiger charge is -2.29. The molecule has 4 aromatic rings. The average Bonchev–Trinajstić information content (AvgIpc) is 3.15. The molecular weight excluding hydrogens is 804 g/mol. The largest absolute Gasteiger partial charge is 0.444 e. The number of carbonyl (C=O) groups excluding carboxylic acids is 2. The van der Waals surface area contributed by atoms with Crippen molar-refractivity contribution in [2.75, 3.05) is 21.3 Å². The number of rotatable bonds is 10. The number of hydrogen-bond acceptors (Lipinski definition) is 5. The van der Waals surface area contributed by atoms with Crippen molar-refractivity contribution in [1.29, 1.82) is 0 Å². The molecule has 58 heavy (non-hydrogen) atoms. The summed E-state index contributed by atoms with van der Waals surface area (Å²) in [6.45, 7) is 7.09. The van der Waals surface area contributed by atoms with Gasteiger partial charge in [-0.1, -0.05) is 84.0 Å². The lowest BCUT2D eigenvalue weighted by atomic mass is 9.77. The first kappa shape index (κ1) is 45.1. The highest BCUT2D eigenvalue weighted by atomic mass is 35.5. The molecule has 0 aliphatic heterocycles. The normalized spacial score (nSPS) is 19.1. The van der Waals surface area contributed by atoms with E-state index in [1.165, 1.54) is 56.6 Å². The fourth-order valence-electron chi connectivity index (χ4n) is 7.78. The standard InChI is InChI=1S/C25H31ClN2O2S.C22H25ClN2OS/c1-25(2,3)30-24(29)28-21-13-11-19(12-14-21)18-9-7-17(8-10-18)15-23(31)27-22-6-4-5-20(26)16-22;1-15(26)24-20-11-9-18(10-12-20)17-7-5-16(6-8-17)13-22(27)25-21-4-2-3-19(23)14-21/h4-6,11-14,16-18H,7-10,15H2,1-3H3,(H,27,31)(H,28,29);2-4,9-12,14,16-17H,5-8,13H2,1H3,(H,24,26)(H,25,27). The van der Waals surface area contributed by atoms with Crippen LogP contribution in [-0.2, 0) is 9.53 Å². The third kappa shape index (κ3) is 15.6. The number of benzene rings is 4. The second-order valence-corrected chi connectivity index (χ2v) is 18.4. The minimum absolute atomic E-state index is 0.0365. The molecule has 0 saturated heterocycles. The van der Waals surface area contributed by atoms with Crippen LogP contribution in [-0.4, -0.2) is 27.6 Å². The second-order valence-electron chi connectivity index (χ2n) is 16.5. The van der Waals surface area contributed by atoms with Crippen LogP contribution in [0.1, 0.15) is 115 Å². The van der Waals surface area contributed by atoms with Crippen molar-refractivity contribution in [3.8, 4) is 0 Å². The molecule has 0 unspecified atom stereocenters. The molecule has 0 heterocycles. The minimum atomic E-state index is -0.505. The second kappa shape index (κ2) is 21.8. The highest BCUT2D eigenvalue weighted by Crippen LogP contribution is 2.39. The Bertz CT molecular complexity index is 1990. The molecule has 0 aromatic heterocycles. The Hall–Kier alpha value is -4.02. The average molecular weight is 860 g/mol. The van der Waals surface area contributed by atoms with E-state index < -0.39 is 11.7 Å². The maximum absolute atomic E-state index is 11.9. The van der Waals surface area contributed by atoms with Gasteiger partial charge in [0.15, 0.2) is 0 Å². The molecule has 6 rings (SSSR count). The van der Waals surface area contributed by atoms with E-state index >= 15 is 0 Å². The number of thiocarbonyl (C=S) groups is 2. The van der Waals surface area contributed by atoms with Crippen LogP contribution < -0.4 is 21.3 Å². The number of anilines is 4. The lowest BCUT2D eigenvalue weighted by Crippen LogP contribution is -2.27. The van der Waals surface area contributed by atoms with E-state index in [2.05, 4.69) is 45.5 Å². The molecule has 0 radical (unpaired) electrons. The predicted octanol–water partition coefficient (Wildman–Crippen LogP) is 14.2. The molecule has 308 valence electrons. The number of hydrogen-bond donors (Lipinski definition) is 4. The van der Waals surface area contributed by atoms with Gasteiger partial charge >= 0.3 is 6.09 Å². The molecule has 2 saturated carbocycles. The Morgan fingerprint density at radius 2 is 0.983 bits per heavy atom. The number of nitrogens with one attached hydrogen (secondary N) is 4. The zero-order valence-corrected chi connectivity index (χ0v) is 37.1. The predicted molar refractivity (Wildman–Crippen MR) is 251 cm³/mol. The fourth-order valence-corrected chi connectivity index (χ4v) is 8.87. The maximum Gasteiger partial charge on any atom is 0.412 e. The van der Waals surface area contributed by atoms with Gasteiger partial charge in [0, 0.05) is 52.6 Å². The molecule has 0 spiro atoms. The number of amides is 2. The van der Waals surface area contributed by atoms with Crippen molar-refractivity contribution >= 4 is 92.4 Å². The number of halogens is 2. The quantitative estimate of drug-likeness (QED) is 0.118. The Balaban J connectivity index is 0.000000223. The van der Waals surface area contributed by atoms with Gasteiger partial charge in [-0.05, 0) is 168 Å². The van der Waals surface area contributed by atoms with E-state index in [0.29, 0.717) is 33.7 Å². The SMILES string of the molecule is CC(=O)Nc1ccc(C2CCC(CC(=S)Nc3cccc(Cl)c3)CC2)cc1.CC(C)(C)OC(=O)Nc1ccc(C2CCC(CC(=S)Nc3cccc(Cl)c3)CC2)cc1. The zero-order chi connectivity index (χ0) is 41.7. The van der Waals surface area contributed by atoms with Gasteiger partial charge in [-0.2, -0.15) is 0 Å². The summed E-state index contributed by atoms with van der Waals surface area (Å²) in [4.78, 5) is 24.8. The van der Waals surface area contributed by atoms with Gasteiger partial charge in [-0.3, -0.25) is 10.1 Å². The highest BCUT2D eigenvalue weighted by Gasteiger charge is 2.25. The fraction of sp³-hybridized carbons (Fsp3) is 0.404. The topological polar surface area (TPSA) is 91.5 Å². The molecule has 2 fully saturated rings. The molecule has 2 amide bonds. The monoisotopic (exact) mass is 858 g/mol. The molecule has 2 aliphatic carbocycles. The number of ether oxygens (including phenoxy) is 1. The maximum atomic E-state index is 11.9. The Morgan fingerprint density at radius 3 is 1.34 bits per heavy atom. The van der Waals surface area contributed by atoms with Crippen molar-refractivity contribution < 1.29 is 14.3 Å². The van der Waals surface area contributed by atoms with Gasteiger partial charge in [0.05, 0.1) is 9.98 Å². The van der Waals surface area contributed by atoms with Crippen molar-refractivity contribution in [1.82, 2.24) is 0 Å². The van der Waals surface area contributed by atoms with Crippen molar-refractivity contribution in [3.05, 3.63) is 118 Å². The Labute approximate surface area is 365 Å². The third-order valence-electron chi connectivity index (χ3n) is 10.6. The lowest BCUT2D eigenvalue weighted by molar-refractivity contribution is -0.114. The van der Waals surface area contributed by atoms with Gasteiger partial charge < -0.3 is 20.7 Å². The van der Waals surface area contributed by atoms with E-state index in [1.54, 1.807) is 0 Å². The first-order chi connectivity index (χ1) is 27.7. The summed E-state index contributed by atoms with van der Waals surface area (Å²) in [6, 6.07) is 31.7. The van der Waals surface area contributed by atoms with E-state index in [1.807, 2.05) is 93.6 Å². The van der Waals surface area contributed by atoms with Gasteiger partial charge in [-0.25, -0.2) is 4.79 Å². The smallest absolute Gasteiger partial charge is 0.412 e. The van der Waals surface area contributed by atoms with Gasteiger partial charge in [-0.15, -0.1) is 0 Å². The molecule has 0 bridgehead atoms. The van der Waals surface area contributed by atoms with Crippen LogP contribution in [0.2, 0.25) is 10.0 Å². The molecule has 11 heteroatoms. The highest BCUT2D eigenvalue weighted by molar-refractivity contribution is 7.80. The first-order valence-corrected chi connectivity index (χ1v) is 21.8. The van der Waals surface area contributed by atoms with E-state index in [-0.39, 0.29) is 5.91 Å². The van der Waals surface area contributed by atoms with Crippen LogP contribution in [0.3, 0.4) is 0 Å². The van der Waals surface area contributed by atoms with Crippen molar-refractivity contribution in [2.24, 2.45) is 11.8 Å². The van der Waals surface area contributed by atoms with Crippen LogP contribution in [0.15, 0.2) is 97.1 Å². The van der Waals surface area contributed by atoms with E-state index in [9.17, 15) is 9.59 Å². The number of carbonyl (C=O) groups is 2. The van der Waals surface area contributed by atoms with Gasteiger partial charge in [0.25, 0.3) is 0 Å². The summed E-state index contributed by atoms with van der Waals surface area (Å²) in [7, 11) is 0. The van der Waals surface area contributed by atoms with Crippen LogP contribution in [0, 0.1) is 11.8 Å². The zero-order valence-electron chi connectivity index (χ0n) is 33.9. The third-order valence-corrected chi connectivity index (χ3v) is 11.6. The summed E-state index contributed by atoms with van der Waals surface area (Å²) in [5, 5.41) is 13.7. The molecule has 2 aliphatic rings. The van der Waals surface area contributed by atoms with Crippen LogP contribution in [0.5, 0.6) is 0 Å². The molecule has 4 N–H and O–H groups in total. The van der Waals surface area contributed by atoms with Crippen LogP contribution in [0.4, 0.5) is 27.5 Å². The summed E-state index contributed by atoms with van der Waals surface area (Å²) in [5.41, 5.74) is 5.71. The Kier molecular flexibility index (Phi) is 17.0. The van der Waals surface area contributed by atoms with Crippen molar-refractivity contribution in [3.63, 3.8) is 0 Å². The summed E-state index contributed by atoms with van der Waals surface area (Å²) < 4.78 is 5.30. The summed E-state index contributed by atoms with van der Waals surface area (Å²) >= 11 is 23.2. The first-order valence-electron chi connectivity index (χ1n) is 20.3. The van der Waals surface area contributed by atoms with Crippen LogP contribution >= 0.6 is 47.6 Å². The summed E-state index contributed by atoms with van der Waals surface area (Å²) in [6.07, 6.45) is 10.8.